The molecule has 0 saturated carbocycles. The first kappa shape index (κ1) is 14.3. The highest BCUT2D eigenvalue weighted by molar-refractivity contribution is 7.99. The van der Waals surface area contributed by atoms with Gasteiger partial charge < -0.3 is 9.67 Å². The first-order valence-corrected chi connectivity index (χ1v) is 6.87. The first-order valence-electron chi connectivity index (χ1n) is 5.89. The van der Waals surface area contributed by atoms with Crippen molar-refractivity contribution in [3.05, 3.63) is 64.3 Å². The number of halogens is 1. The Kier molecular flexibility index (Phi) is 4.57. The number of rotatable bonds is 5. The third-order valence-electron chi connectivity index (χ3n) is 2.67. The fourth-order valence-electron chi connectivity index (χ4n) is 1.67. The number of pyridine rings is 1. The predicted octanol–water partition coefficient (Wildman–Crippen LogP) is 2.48. The third kappa shape index (κ3) is 3.48. The van der Waals surface area contributed by atoms with Crippen LogP contribution in [0.1, 0.15) is 10.4 Å². The van der Waals surface area contributed by atoms with E-state index in [9.17, 15) is 14.0 Å². The number of carboxylic acid groups (broad SMARTS) is 1. The second-order valence-corrected chi connectivity index (χ2v) is 5.20. The Hall–Kier alpha value is -2.08. The summed E-state index contributed by atoms with van der Waals surface area (Å²) in [4.78, 5) is 23.0. The van der Waals surface area contributed by atoms with Crippen molar-refractivity contribution in [2.75, 3.05) is 5.75 Å². The van der Waals surface area contributed by atoms with E-state index < -0.39 is 11.8 Å². The van der Waals surface area contributed by atoms with Crippen molar-refractivity contribution in [1.82, 2.24) is 4.57 Å². The topological polar surface area (TPSA) is 59.3 Å². The van der Waals surface area contributed by atoms with Crippen LogP contribution in [0.15, 0.2) is 52.3 Å². The molecule has 20 heavy (non-hydrogen) atoms. The van der Waals surface area contributed by atoms with Crippen molar-refractivity contribution in [3.8, 4) is 0 Å². The van der Waals surface area contributed by atoms with Gasteiger partial charge in [0.2, 0.25) is 0 Å². The molecule has 2 rings (SSSR count). The lowest BCUT2D eigenvalue weighted by molar-refractivity contribution is 0.0691. The molecule has 0 aliphatic rings. The van der Waals surface area contributed by atoms with Crippen molar-refractivity contribution in [3.63, 3.8) is 0 Å². The highest BCUT2D eigenvalue weighted by Gasteiger charge is 2.10. The van der Waals surface area contributed by atoms with Crippen LogP contribution in [0.25, 0.3) is 0 Å². The zero-order valence-corrected chi connectivity index (χ0v) is 11.3. The summed E-state index contributed by atoms with van der Waals surface area (Å²) in [5, 5.41) is 8.84. The van der Waals surface area contributed by atoms with Crippen molar-refractivity contribution in [2.45, 2.75) is 11.4 Å². The van der Waals surface area contributed by atoms with Crippen LogP contribution >= 0.6 is 11.8 Å². The van der Waals surface area contributed by atoms with Crippen LogP contribution < -0.4 is 5.56 Å². The van der Waals surface area contributed by atoms with Crippen LogP contribution in [0.4, 0.5) is 4.39 Å². The Morgan fingerprint density at radius 3 is 2.80 bits per heavy atom. The lowest BCUT2D eigenvalue weighted by atomic mass is 10.2. The van der Waals surface area contributed by atoms with Crippen LogP contribution in [-0.4, -0.2) is 21.4 Å². The Labute approximate surface area is 118 Å². The van der Waals surface area contributed by atoms with Gasteiger partial charge in [0.05, 0.1) is 5.56 Å². The molecular formula is C14H12FNO3S. The third-order valence-corrected chi connectivity index (χ3v) is 3.64. The maximum Gasteiger partial charge on any atom is 0.338 e. The lowest BCUT2D eigenvalue weighted by Gasteiger charge is -2.06. The van der Waals surface area contributed by atoms with Gasteiger partial charge in [0.25, 0.3) is 5.56 Å². The Morgan fingerprint density at radius 2 is 2.10 bits per heavy atom. The minimum absolute atomic E-state index is 0.0848. The normalized spacial score (nSPS) is 10.4. The molecule has 1 N–H and O–H groups in total. The molecule has 1 heterocycles. The van der Waals surface area contributed by atoms with E-state index in [2.05, 4.69) is 0 Å². The minimum Gasteiger partial charge on any atom is -0.478 e. The number of thioether (sulfide) groups is 1. The number of hydrogen-bond acceptors (Lipinski definition) is 3. The zero-order chi connectivity index (χ0) is 14.5. The van der Waals surface area contributed by atoms with E-state index in [0.29, 0.717) is 17.2 Å². The standard InChI is InChI=1S/C14H12FNO3S/c15-12-5-4-10(9-11(12)14(18)19)20-8-7-16-6-2-1-3-13(16)17/h1-6,9H,7-8H2,(H,18,19). The summed E-state index contributed by atoms with van der Waals surface area (Å²) >= 11 is 1.37. The summed E-state index contributed by atoms with van der Waals surface area (Å²) in [5.41, 5.74) is -0.426. The van der Waals surface area contributed by atoms with Crippen LogP contribution in [0.3, 0.4) is 0 Å². The Balaban J connectivity index is 2.01. The number of aromatic carboxylic acids is 1. The number of carboxylic acids is 1. The number of aryl methyl sites for hydroxylation is 1. The van der Waals surface area contributed by atoms with E-state index in [1.807, 2.05) is 0 Å². The number of nitrogens with zero attached hydrogens (tertiary/aromatic N) is 1. The van der Waals surface area contributed by atoms with Gasteiger partial charge in [0.1, 0.15) is 5.82 Å². The maximum absolute atomic E-state index is 13.2. The molecule has 0 bridgehead atoms. The Morgan fingerprint density at radius 1 is 1.30 bits per heavy atom. The van der Waals surface area contributed by atoms with Crippen molar-refractivity contribution in [1.29, 1.82) is 0 Å². The van der Waals surface area contributed by atoms with Crippen molar-refractivity contribution < 1.29 is 14.3 Å². The molecule has 6 heteroatoms. The van der Waals surface area contributed by atoms with Crippen LogP contribution in [0.5, 0.6) is 0 Å². The summed E-state index contributed by atoms with van der Waals surface area (Å²) in [6.07, 6.45) is 1.69. The summed E-state index contributed by atoms with van der Waals surface area (Å²) < 4.78 is 14.8. The van der Waals surface area contributed by atoms with Crippen LogP contribution in [0.2, 0.25) is 0 Å². The van der Waals surface area contributed by atoms with E-state index >= 15 is 0 Å². The van der Waals surface area contributed by atoms with Crippen molar-refractivity contribution >= 4 is 17.7 Å². The summed E-state index contributed by atoms with van der Waals surface area (Å²) in [7, 11) is 0. The molecule has 0 aliphatic carbocycles. The molecule has 0 aliphatic heterocycles. The smallest absolute Gasteiger partial charge is 0.338 e. The summed E-state index contributed by atoms with van der Waals surface area (Å²) in [5.74, 6) is -1.44. The molecule has 0 amide bonds. The molecule has 0 atom stereocenters. The fourth-order valence-corrected chi connectivity index (χ4v) is 2.55. The molecule has 104 valence electrons. The van der Waals surface area contributed by atoms with E-state index in [-0.39, 0.29) is 11.1 Å². The summed E-state index contributed by atoms with van der Waals surface area (Å²) in [6, 6.07) is 8.89. The van der Waals surface area contributed by atoms with Gasteiger partial charge in [-0.3, -0.25) is 4.79 Å². The van der Waals surface area contributed by atoms with E-state index in [1.54, 1.807) is 22.9 Å². The molecular weight excluding hydrogens is 281 g/mol. The van der Waals surface area contributed by atoms with Gasteiger partial charge in [-0.1, -0.05) is 6.07 Å². The molecule has 0 spiro atoms. The number of carbonyl (C=O) groups is 1. The molecule has 4 nitrogen and oxygen atoms in total. The van der Waals surface area contributed by atoms with Crippen molar-refractivity contribution in [2.24, 2.45) is 0 Å². The van der Waals surface area contributed by atoms with E-state index in [4.69, 9.17) is 5.11 Å². The minimum atomic E-state index is -1.29. The average molecular weight is 293 g/mol. The lowest BCUT2D eigenvalue weighted by Crippen LogP contribution is -2.18. The van der Waals surface area contributed by atoms with E-state index in [1.165, 1.54) is 30.0 Å². The predicted molar refractivity (Wildman–Crippen MR) is 74.8 cm³/mol. The molecule has 1 aromatic heterocycles. The zero-order valence-electron chi connectivity index (χ0n) is 10.5. The molecule has 0 fully saturated rings. The number of benzene rings is 1. The monoisotopic (exact) mass is 293 g/mol. The number of aromatic nitrogens is 1. The quantitative estimate of drug-likeness (QED) is 0.860. The van der Waals surface area contributed by atoms with Gasteiger partial charge in [0, 0.05) is 29.5 Å². The SMILES string of the molecule is O=C(O)c1cc(SCCn2ccccc2=O)ccc1F. The van der Waals surface area contributed by atoms with Gasteiger partial charge in [-0.2, -0.15) is 0 Å². The first-order chi connectivity index (χ1) is 9.58. The van der Waals surface area contributed by atoms with Gasteiger partial charge in [-0.15, -0.1) is 11.8 Å². The van der Waals surface area contributed by atoms with Gasteiger partial charge >= 0.3 is 5.97 Å². The maximum atomic E-state index is 13.2. The highest BCUT2D eigenvalue weighted by Crippen LogP contribution is 2.21. The van der Waals surface area contributed by atoms with Gasteiger partial charge in [-0.25, -0.2) is 9.18 Å². The van der Waals surface area contributed by atoms with E-state index in [0.717, 1.165) is 6.07 Å². The molecule has 1 aromatic carbocycles. The molecule has 0 radical (unpaired) electrons. The van der Waals surface area contributed by atoms with Gasteiger partial charge in [-0.05, 0) is 24.3 Å². The fraction of sp³-hybridized carbons (Fsp3) is 0.143. The highest BCUT2D eigenvalue weighted by atomic mass is 32.2. The van der Waals surface area contributed by atoms with Crippen LogP contribution in [-0.2, 0) is 6.54 Å². The summed E-state index contributed by atoms with van der Waals surface area (Å²) in [6.45, 7) is 0.504. The second-order valence-electron chi connectivity index (χ2n) is 4.03. The van der Waals surface area contributed by atoms with Gasteiger partial charge in [0.15, 0.2) is 0 Å². The largest absolute Gasteiger partial charge is 0.478 e. The average Bonchev–Trinajstić information content (AvgIpc) is 2.42. The molecule has 0 unspecified atom stereocenters. The second kappa shape index (κ2) is 6.38. The molecule has 2 aromatic rings. The Bertz CT molecular complexity index is 684. The molecule has 0 saturated heterocycles. The number of hydrogen-bond donors (Lipinski definition) is 1. The van der Waals surface area contributed by atoms with Crippen LogP contribution in [0, 0.1) is 5.82 Å².